The molecule has 0 aliphatic heterocycles. The molecule has 7 atom stereocenters. The average molecular weight is 587 g/mol. The number of hydrogen-bond donors (Lipinski definition) is 4. The zero-order chi connectivity index (χ0) is 30.4. The van der Waals surface area contributed by atoms with Crippen LogP contribution in [0.25, 0.3) is 0 Å². The number of esters is 4. The summed E-state index contributed by atoms with van der Waals surface area (Å²) < 4.78 is 19.8. The molecule has 0 spiro atoms. The van der Waals surface area contributed by atoms with E-state index in [2.05, 4.69) is 4.74 Å². The lowest BCUT2D eigenvalue weighted by atomic mass is 10.00. The van der Waals surface area contributed by atoms with Crippen LogP contribution in [0.1, 0.15) is 48.4 Å². The second kappa shape index (κ2) is 17.7. The molecule has 224 valence electrons. The number of benzene rings is 1. The van der Waals surface area contributed by atoms with Crippen molar-refractivity contribution in [1.82, 2.24) is 0 Å². The van der Waals surface area contributed by atoms with Crippen molar-refractivity contribution in [3.8, 4) is 0 Å². The molecular formula is C27H38O12S. The Morgan fingerprint density at radius 3 is 1.95 bits per heavy atom. The van der Waals surface area contributed by atoms with Gasteiger partial charge in [0.15, 0.2) is 0 Å². The minimum Gasteiger partial charge on any atom is -0.466 e. The highest BCUT2D eigenvalue weighted by atomic mass is 32.2. The molecule has 7 unspecified atom stereocenters. The molecule has 1 rings (SSSR count). The van der Waals surface area contributed by atoms with E-state index in [0.717, 1.165) is 19.3 Å². The molecule has 0 saturated heterocycles. The third kappa shape index (κ3) is 12.0. The third-order valence-electron chi connectivity index (χ3n) is 6.13. The molecular weight excluding hydrogens is 548 g/mol. The van der Waals surface area contributed by atoms with Gasteiger partial charge in [-0.25, -0.2) is 19.2 Å². The number of thioether (sulfide) groups is 1. The number of carbonyl (C=O) groups is 4. The zero-order valence-corrected chi connectivity index (χ0v) is 23.9. The number of hydrogen-bond acceptors (Lipinski definition) is 13. The van der Waals surface area contributed by atoms with E-state index in [1.165, 1.54) is 43.0 Å². The van der Waals surface area contributed by atoms with Crippen LogP contribution < -0.4 is 0 Å². The lowest BCUT2D eigenvalue weighted by Crippen LogP contribution is -2.34. The van der Waals surface area contributed by atoms with Gasteiger partial charge in [-0.05, 0) is 31.2 Å². The van der Waals surface area contributed by atoms with Crippen LogP contribution in [0.5, 0.6) is 0 Å². The SMILES string of the molecule is COC(=O)/C=C/C(=O)OC(C)C(C)C(O)COC(=O)c1ccc(C(=O)OC(O)C(C)C(C)SCC(O)CO)cc1. The Morgan fingerprint density at radius 1 is 0.850 bits per heavy atom. The van der Waals surface area contributed by atoms with Gasteiger partial charge in [-0.15, -0.1) is 0 Å². The van der Waals surface area contributed by atoms with Crippen molar-refractivity contribution in [1.29, 1.82) is 0 Å². The largest absolute Gasteiger partial charge is 0.466 e. The summed E-state index contributed by atoms with van der Waals surface area (Å²) in [5.74, 6) is -3.92. The summed E-state index contributed by atoms with van der Waals surface area (Å²) in [7, 11) is 1.16. The van der Waals surface area contributed by atoms with Gasteiger partial charge in [0.1, 0.15) is 12.7 Å². The van der Waals surface area contributed by atoms with Gasteiger partial charge in [-0.1, -0.05) is 20.8 Å². The van der Waals surface area contributed by atoms with Crippen LogP contribution in [0.3, 0.4) is 0 Å². The van der Waals surface area contributed by atoms with Crippen LogP contribution in [0.4, 0.5) is 0 Å². The first-order valence-corrected chi connectivity index (χ1v) is 13.6. The highest BCUT2D eigenvalue weighted by Crippen LogP contribution is 2.24. The Bertz CT molecular complexity index is 996. The molecule has 0 aliphatic rings. The Labute approximate surface area is 237 Å². The summed E-state index contributed by atoms with van der Waals surface area (Å²) >= 11 is 1.32. The molecule has 0 aromatic heterocycles. The standard InChI is InChI=1S/C27H38O12S/c1-15(17(3)38-24(32)11-10-23(31)36-5)22(30)13-37-26(34)19-6-8-20(9-7-19)27(35)39-25(33)16(2)18(4)40-14-21(29)12-28/h6-11,15-18,21-22,25,28-30,33H,12-14H2,1-5H3/b11-10+. The summed E-state index contributed by atoms with van der Waals surface area (Å²) in [5.41, 5.74) is 0.189. The van der Waals surface area contributed by atoms with E-state index in [9.17, 15) is 34.5 Å². The molecule has 0 amide bonds. The maximum absolute atomic E-state index is 12.4. The molecule has 0 radical (unpaired) electrons. The minimum atomic E-state index is -1.42. The fraction of sp³-hybridized carbons (Fsp3) is 0.556. The number of methoxy groups -OCH3 is 1. The van der Waals surface area contributed by atoms with E-state index in [4.69, 9.17) is 19.3 Å². The van der Waals surface area contributed by atoms with Gasteiger partial charge in [0.2, 0.25) is 6.29 Å². The van der Waals surface area contributed by atoms with E-state index >= 15 is 0 Å². The van der Waals surface area contributed by atoms with Gasteiger partial charge in [0.25, 0.3) is 0 Å². The van der Waals surface area contributed by atoms with Gasteiger partial charge in [0.05, 0.1) is 37.1 Å². The molecule has 1 aromatic carbocycles. The molecule has 40 heavy (non-hydrogen) atoms. The molecule has 13 heteroatoms. The Morgan fingerprint density at radius 2 is 1.40 bits per heavy atom. The molecule has 0 heterocycles. The maximum Gasteiger partial charge on any atom is 0.340 e. The van der Waals surface area contributed by atoms with E-state index in [1.807, 2.05) is 0 Å². The van der Waals surface area contributed by atoms with E-state index in [-0.39, 0.29) is 35.3 Å². The van der Waals surface area contributed by atoms with Gasteiger partial charge >= 0.3 is 23.9 Å². The Kier molecular flexibility index (Phi) is 15.5. The number of ether oxygens (including phenoxy) is 4. The second-order valence-corrected chi connectivity index (χ2v) is 10.5. The lowest BCUT2D eigenvalue weighted by molar-refractivity contribution is -0.147. The molecule has 4 N–H and O–H groups in total. The average Bonchev–Trinajstić information content (AvgIpc) is 2.95. The Balaban J connectivity index is 2.58. The second-order valence-electron chi connectivity index (χ2n) is 9.13. The van der Waals surface area contributed by atoms with Crippen molar-refractivity contribution < 1.29 is 58.6 Å². The highest BCUT2D eigenvalue weighted by Gasteiger charge is 2.27. The topological polar surface area (TPSA) is 186 Å². The normalized spacial score (nSPS) is 16.6. The molecule has 1 aromatic rings. The predicted molar refractivity (Wildman–Crippen MR) is 144 cm³/mol. The first-order valence-electron chi connectivity index (χ1n) is 12.5. The van der Waals surface area contributed by atoms with Crippen molar-refractivity contribution >= 4 is 35.6 Å². The first kappa shape index (κ1) is 35.1. The predicted octanol–water partition coefficient (Wildman–Crippen LogP) is 1.09. The summed E-state index contributed by atoms with van der Waals surface area (Å²) in [6.45, 7) is 5.85. The number of aliphatic hydroxyl groups is 4. The quantitative estimate of drug-likeness (QED) is 0.0934. The lowest BCUT2D eigenvalue weighted by Gasteiger charge is -2.25. The van der Waals surface area contributed by atoms with Gasteiger partial charge in [0, 0.05) is 35.0 Å². The van der Waals surface area contributed by atoms with Crippen molar-refractivity contribution in [2.24, 2.45) is 11.8 Å². The molecule has 0 saturated carbocycles. The van der Waals surface area contributed by atoms with Gasteiger partial charge < -0.3 is 39.4 Å². The summed E-state index contributed by atoms with van der Waals surface area (Å²) in [6, 6.07) is 5.32. The van der Waals surface area contributed by atoms with Crippen LogP contribution in [-0.4, -0.2) is 100 Å². The third-order valence-corrected chi connectivity index (χ3v) is 7.66. The van der Waals surface area contributed by atoms with Crippen molar-refractivity contribution in [2.75, 3.05) is 26.1 Å². The maximum atomic E-state index is 12.4. The molecule has 0 aliphatic carbocycles. The van der Waals surface area contributed by atoms with Crippen molar-refractivity contribution in [3.05, 3.63) is 47.5 Å². The van der Waals surface area contributed by atoms with E-state index in [0.29, 0.717) is 0 Å². The summed E-state index contributed by atoms with van der Waals surface area (Å²) in [5, 5.41) is 38.8. The highest BCUT2D eigenvalue weighted by molar-refractivity contribution is 7.99. The van der Waals surface area contributed by atoms with Gasteiger partial charge in [-0.2, -0.15) is 11.8 Å². The van der Waals surface area contributed by atoms with Crippen LogP contribution in [0.2, 0.25) is 0 Å². The summed E-state index contributed by atoms with van der Waals surface area (Å²) in [6.07, 6.45) is -2.43. The van der Waals surface area contributed by atoms with Crippen molar-refractivity contribution in [2.45, 2.75) is 57.5 Å². The number of carbonyl (C=O) groups excluding carboxylic acids is 4. The fourth-order valence-corrected chi connectivity index (χ4v) is 4.04. The number of rotatable bonds is 16. The molecule has 0 fully saturated rings. The van der Waals surface area contributed by atoms with Crippen LogP contribution in [0.15, 0.2) is 36.4 Å². The minimum absolute atomic E-state index is 0.0874. The molecule has 12 nitrogen and oxygen atoms in total. The monoisotopic (exact) mass is 586 g/mol. The first-order chi connectivity index (χ1) is 18.8. The van der Waals surface area contributed by atoms with Gasteiger partial charge in [-0.3, -0.25) is 0 Å². The smallest absolute Gasteiger partial charge is 0.340 e. The Hall–Kier alpha value is -2.97. The van der Waals surface area contributed by atoms with Crippen LogP contribution >= 0.6 is 11.8 Å². The van der Waals surface area contributed by atoms with E-state index < -0.39 is 60.3 Å². The summed E-state index contributed by atoms with van der Waals surface area (Å²) in [4.78, 5) is 47.6. The number of aliphatic hydroxyl groups excluding tert-OH is 4. The van der Waals surface area contributed by atoms with Crippen LogP contribution in [0, 0.1) is 11.8 Å². The molecule has 0 bridgehead atoms. The van der Waals surface area contributed by atoms with Crippen molar-refractivity contribution in [3.63, 3.8) is 0 Å². The van der Waals surface area contributed by atoms with E-state index in [1.54, 1.807) is 20.8 Å². The van der Waals surface area contributed by atoms with Crippen LogP contribution in [-0.2, 0) is 28.5 Å². The zero-order valence-electron chi connectivity index (χ0n) is 23.1. The fourth-order valence-electron chi connectivity index (χ4n) is 2.97.